The van der Waals surface area contributed by atoms with Crippen LogP contribution in [0.3, 0.4) is 0 Å². The normalized spacial score (nSPS) is 11.3. The summed E-state index contributed by atoms with van der Waals surface area (Å²) < 4.78 is 10.6. The Morgan fingerprint density at radius 2 is 1.65 bits per heavy atom. The molecule has 0 radical (unpaired) electrons. The summed E-state index contributed by atoms with van der Waals surface area (Å²) in [5.41, 5.74) is 1.10. The lowest BCUT2D eigenvalue weighted by atomic mass is 10.1. The molecule has 6 nitrogen and oxygen atoms in total. The van der Waals surface area contributed by atoms with Crippen LogP contribution in [-0.2, 0) is 11.2 Å². The Morgan fingerprint density at radius 1 is 1.00 bits per heavy atom. The lowest BCUT2D eigenvalue weighted by Crippen LogP contribution is -2.32. The van der Waals surface area contributed by atoms with Gasteiger partial charge in [0.1, 0.15) is 24.2 Å². The molecule has 7 heteroatoms. The number of aliphatic hydroxyl groups is 1. The van der Waals surface area contributed by atoms with E-state index in [0.29, 0.717) is 12.3 Å². The Hall–Kier alpha value is -2.28. The van der Waals surface area contributed by atoms with Crippen LogP contribution in [0.25, 0.3) is 0 Å². The topological polar surface area (TPSA) is 88.0 Å². The Bertz CT molecular complexity index is 636. The Morgan fingerprint density at radius 3 is 2.31 bits per heavy atom. The molecule has 0 aliphatic heterocycles. The van der Waals surface area contributed by atoms with Crippen molar-refractivity contribution >= 4 is 18.4 Å². The van der Waals surface area contributed by atoms with Gasteiger partial charge in [0.05, 0.1) is 0 Å². The summed E-state index contributed by atoms with van der Waals surface area (Å²) in [4.78, 5) is 10.4. The van der Waals surface area contributed by atoms with Gasteiger partial charge in [0, 0.05) is 6.54 Å². The molecule has 0 amide bonds. The number of rotatable bonds is 11. The first kappa shape index (κ1) is 21.8. The Balaban J connectivity index is 0.00000338. The SMILES string of the molecule is Cl.O=C(O)COc1ccc(CCNCC(O)COc2ccccc2)cc1. The summed E-state index contributed by atoms with van der Waals surface area (Å²) in [7, 11) is 0. The average molecular weight is 382 g/mol. The minimum absolute atomic E-state index is 0. The van der Waals surface area contributed by atoms with Crippen molar-refractivity contribution in [3.8, 4) is 11.5 Å². The fourth-order valence-electron chi connectivity index (χ4n) is 2.17. The molecule has 0 aliphatic rings. The van der Waals surface area contributed by atoms with Crippen molar-refractivity contribution in [1.82, 2.24) is 5.32 Å². The summed E-state index contributed by atoms with van der Waals surface area (Å²) >= 11 is 0. The third-order valence-corrected chi connectivity index (χ3v) is 3.44. The molecule has 0 spiro atoms. The highest BCUT2D eigenvalue weighted by molar-refractivity contribution is 5.85. The van der Waals surface area contributed by atoms with Crippen LogP contribution < -0.4 is 14.8 Å². The van der Waals surface area contributed by atoms with Crippen molar-refractivity contribution in [2.24, 2.45) is 0 Å². The minimum atomic E-state index is -0.997. The van der Waals surface area contributed by atoms with E-state index in [0.717, 1.165) is 24.3 Å². The van der Waals surface area contributed by atoms with Gasteiger partial charge < -0.3 is 25.0 Å². The maximum absolute atomic E-state index is 10.4. The van der Waals surface area contributed by atoms with Gasteiger partial charge in [-0.2, -0.15) is 0 Å². The molecule has 3 N–H and O–H groups in total. The maximum atomic E-state index is 10.4. The number of carboxylic acid groups (broad SMARTS) is 1. The molecule has 0 fully saturated rings. The monoisotopic (exact) mass is 381 g/mol. The molecular formula is C19H24ClNO5. The number of para-hydroxylation sites is 1. The molecule has 26 heavy (non-hydrogen) atoms. The van der Waals surface area contributed by atoms with E-state index < -0.39 is 12.1 Å². The van der Waals surface area contributed by atoms with Crippen molar-refractivity contribution in [3.05, 3.63) is 60.2 Å². The number of carboxylic acids is 1. The molecule has 0 saturated carbocycles. The van der Waals surface area contributed by atoms with Gasteiger partial charge in [-0.1, -0.05) is 30.3 Å². The summed E-state index contributed by atoms with van der Waals surface area (Å²) in [6, 6.07) is 16.7. The summed E-state index contributed by atoms with van der Waals surface area (Å²) in [5.74, 6) is 0.280. The highest BCUT2D eigenvalue weighted by atomic mass is 35.5. The molecule has 0 aliphatic carbocycles. The van der Waals surface area contributed by atoms with E-state index in [2.05, 4.69) is 5.32 Å². The summed E-state index contributed by atoms with van der Waals surface area (Å²) in [5, 5.41) is 21.6. The zero-order valence-corrected chi connectivity index (χ0v) is 15.2. The second-order valence-electron chi connectivity index (χ2n) is 5.56. The van der Waals surface area contributed by atoms with Crippen molar-refractivity contribution in [1.29, 1.82) is 0 Å². The number of nitrogens with one attached hydrogen (secondary N) is 1. The number of hydrogen-bond donors (Lipinski definition) is 3. The number of hydrogen-bond acceptors (Lipinski definition) is 5. The van der Waals surface area contributed by atoms with Crippen LogP contribution >= 0.6 is 12.4 Å². The molecule has 1 atom stereocenters. The van der Waals surface area contributed by atoms with Crippen molar-refractivity contribution in [2.45, 2.75) is 12.5 Å². The fraction of sp³-hybridized carbons (Fsp3) is 0.316. The van der Waals surface area contributed by atoms with Crippen LogP contribution in [0, 0.1) is 0 Å². The van der Waals surface area contributed by atoms with Crippen molar-refractivity contribution in [3.63, 3.8) is 0 Å². The molecule has 142 valence electrons. The number of ether oxygens (including phenoxy) is 2. The zero-order chi connectivity index (χ0) is 17.9. The Labute approximate surface area is 159 Å². The van der Waals surface area contributed by atoms with Gasteiger partial charge in [0.2, 0.25) is 0 Å². The molecule has 2 aromatic rings. The third kappa shape index (κ3) is 8.71. The van der Waals surface area contributed by atoms with E-state index in [-0.39, 0.29) is 25.6 Å². The van der Waals surface area contributed by atoms with E-state index in [1.54, 1.807) is 12.1 Å². The smallest absolute Gasteiger partial charge is 0.341 e. The van der Waals surface area contributed by atoms with E-state index in [4.69, 9.17) is 14.6 Å². The number of halogens is 1. The highest BCUT2D eigenvalue weighted by Crippen LogP contribution is 2.12. The van der Waals surface area contributed by atoms with Gasteiger partial charge in [-0.15, -0.1) is 12.4 Å². The molecule has 0 heterocycles. The van der Waals surface area contributed by atoms with E-state index >= 15 is 0 Å². The van der Waals surface area contributed by atoms with Gasteiger partial charge in [-0.3, -0.25) is 0 Å². The molecule has 2 aromatic carbocycles. The Kier molecular flexibility index (Phi) is 10.2. The van der Waals surface area contributed by atoms with Crippen LogP contribution in [-0.4, -0.2) is 48.6 Å². The molecule has 0 saturated heterocycles. The molecule has 0 aromatic heterocycles. The first-order valence-corrected chi connectivity index (χ1v) is 8.13. The molecule has 2 rings (SSSR count). The van der Waals surface area contributed by atoms with Gasteiger partial charge in [0.15, 0.2) is 6.61 Å². The second kappa shape index (κ2) is 12.1. The van der Waals surface area contributed by atoms with E-state index in [1.807, 2.05) is 42.5 Å². The van der Waals surface area contributed by atoms with Crippen LogP contribution in [0.4, 0.5) is 0 Å². The first-order valence-electron chi connectivity index (χ1n) is 8.13. The molecular weight excluding hydrogens is 358 g/mol. The van der Waals surface area contributed by atoms with Gasteiger partial charge in [-0.05, 0) is 42.8 Å². The number of carbonyl (C=O) groups is 1. The molecule has 0 bridgehead atoms. The lowest BCUT2D eigenvalue weighted by molar-refractivity contribution is -0.139. The van der Waals surface area contributed by atoms with Gasteiger partial charge in [-0.25, -0.2) is 4.79 Å². The standard InChI is InChI=1S/C19H23NO5.ClH/c21-16(13-24-17-4-2-1-3-5-17)12-20-11-10-15-6-8-18(9-7-15)25-14-19(22)23;/h1-9,16,20-21H,10-14H2,(H,22,23);1H. The number of aliphatic hydroxyl groups excluding tert-OH is 1. The van der Waals surface area contributed by atoms with Crippen LogP contribution in [0.2, 0.25) is 0 Å². The van der Waals surface area contributed by atoms with Gasteiger partial charge >= 0.3 is 5.97 Å². The maximum Gasteiger partial charge on any atom is 0.341 e. The largest absolute Gasteiger partial charge is 0.491 e. The number of aliphatic carboxylic acids is 1. The predicted octanol–water partition coefficient (Wildman–Crippen LogP) is 2.14. The summed E-state index contributed by atoms with van der Waals surface area (Å²) in [6.45, 7) is 1.07. The number of benzene rings is 2. The van der Waals surface area contributed by atoms with Crippen LogP contribution in [0.5, 0.6) is 11.5 Å². The lowest BCUT2D eigenvalue weighted by Gasteiger charge is -2.13. The first-order chi connectivity index (χ1) is 12.1. The summed E-state index contributed by atoms with van der Waals surface area (Å²) in [6.07, 6.45) is 0.220. The van der Waals surface area contributed by atoms with E-state index in [9.17, 15) is 9.90 Å². The van der Waals surface area contributed by atoms with E-state index in [1.165, 1.54) is 0 Å². The highest BCUT2D eigenvalue weighted by Gasteiger charge is 2.05. The fourth-order valence-corrected chi connectivity index (χ4v) is 2.17. The second-order valence-corrected chi connectivity index (χ2v) is 5.56. The van der Waals surface area contributed by atoms with Crippen molar-refractivity contribution < 1.29 is 24.5 Å². The van der Waals surface area contributed by atoms with Crippen LogP contribution in [0.15, 0.2) is 54.6 Å². The van der Waals surface area contributed by atoms with Crippen LogP contribution in [0.1, 0.15) is 5.56 Å². The average Bonchev–Trinajstić information content (AvgIpc) is 2.63. The third-order valence-electron chi connectivity index (χ3n) is 3.44. The quantitative estimate of drug-likeness (QED) is 0.517. The zero-order valence-electron chi connectivity index (χ0n) is 14.3. The van der Waals surface area contributed by atoms with Gasteiger partial charge in [0.25, 0.3) is 0 Å². The molecule has 1 unspecified atom stereocenters. The predicted molar refractivity (Wildman–Crippen MR) is 101 cm³/mol. The van der Waals surface area contributed by atoms with Crippen molar-refractivity contribution in [2.75, 3.05) is 26.3 Å². The minimum Gasteiger partial charge on any atom is -0.491 e.